The van der Waals surface area contributed by atoms with Crippen molar-refractivity contribution in [2.45, 2.75) is 44.7 Å². The van der Waals surface area contributed by atoms with Gasteiger partial charge in [0, 0.05) is 30.2 Å². The number of benzene rings is 1. The molecule has 2 fully saturated rings. The van der Waals surface area contributed by atoms with Crippen LogP contribution in [0, 0.1) is 11.8 Å². The number of nitrogens with zero attached hydrogens (tertiary/aromatic N) is 1. The third-order valence-electron chi connectivity index (χ3n) is 4.89. The third-order valence-corrected chi connectivity index (χ3v) is 5.13. The minimum absolute atomic E-state index is 0.328. The van der Waals surface area contributed by atoms with Crippen LogP contribution in [0.15, 0.2) is 24.3 Å². The molecule has 2 nitrogen and oxygen atoms in total. The molecule has 1 aliphatic carbocycles. The van der Waals surface area contributed by atoms with Gasteiger partial charge in [0.2, 0.25) is 0 Å². The summed E-state index contributed by atoms with van der Waals surface area (Å²) in [7, 11) is 0. The number of piperidine rings is 1. The van der Waals surface area contributed by atoms with Crippen LogP contribution in [0.3, 0.4) is 0 Å². The predicted molar refractivity (Wildman–Crippen MR) is 85.0 cm³/mol. The van der Waals surface area contributed by atoms with Crippen LogP contribution in [0.25, 0.3) is 0 Å². The van der Waals surface area contributed by atoms with Gasteiger partial charge in [0.25, 0.3) is 0 Å². The Morgan fingerprint density at radius 2 is 2.15 bits per heavy atom. The summed E-state index contributed by atoms with van der Waals surface area (Å²) in [5.74, 6) is 1.59. The van der Waals surface area contributed by atoms with Crippen LogP contribution in [0.2, 0.25) is 5.02 Å². The summed E-state index contributed by atoms with van der Waals surface area (Å²) >= 11 is 6.09. The van der Waals surface area contributed by atoms with Crippen LogP contribution in [0.5, 0.6) is 0 Å². The van der Waals surface area contributed by atoms with Crippen molar-refractivity contribution in [3.8, 4) is 0 Å². The Bertz CT molecular complexity index is 458. The molecule has 0 amide bonds. The minimum atomic E-state index is 0.328. The molecule has 0 radical (unpaired) electrons. The van der Waals surface area contributed by atoms with Crippen molar-refractivity contribution >= 4 is 11.6 Å². The zero-order valence-corrected chi connectivity index (χ0v) is 13.0. The van der Waals surface area contributed by atoms with Crippen LogP contribution < -0.4 is 5.73 Å². The van der Waals surface area contributed by atoms with E-state index in [0.29, 0.717) is 18.0 Å². The fourth-order valence-corrected chi connectivity index (χ4v) is 3.85. The van der Waals surface area contributed by atoms with E-state index < -0.39 is 0 Å². The lowest BCUT2D eigenvalue weighted by Crippen LogP contribution is -2.51. The first kappa shape index (κ1) is 14.4. The molecule has 1 saturated carbocycles. The molecule has 1 saturated heterocycles. The first-order chi connectivity index (χ1) is 9.61. The number of rotatable bonds is 4. The second-order valence-electron chi connectivity index (χ2n) is 6.73. The molecule has 3 heteroatoms. The monoisotopic (exact) mass is 292 g/mol. The van der Waals surface area contributed by atoms with E-state index in [-0.39, 0.29) is 0 Å². The largest absolute Gasteiger partial charge is 0.327 e. The molecule has 2 N–H and O–H groups in total. The van der Waals surface area contributed by atoms with E-state index >= 15 is 0 Å². The van der Waals surface area contributed by atoms with E-state index in [1.165, 1.54) is 24.9 Å². The fraction of sp³-hybridized carbons (Fsp3) is 0.647. The standard InChI is InChI=1S/C17H25ClN2/c1-12(15-5-6-15)20-10-14(9-17(19)11-20)7-13-3-2-4-16(18)8-13/h2-4,8,12,14-15,17H,5-7,9-11,19H2,1H3. The van der Waals surface area contributed by atoms with Crippen molar-refractivity contribution in [2.75, 3.05) is 13.1 Å². The number of likely N-dealkylation sites (tertiary alicyclic amines) is 1. The molecule has 3 rings (SSSR count). The highest BCUT2D eigenvalue weighted by atomic mass is 35.5. The van der Waals surface area contributed by atoms with Gasteiger partial charge in [0.15, 0.2) is 0 Å². The van der Waals surface area contributed by atoms with Gasteiger partial charge in [-0.25, -0.2) is 0 Å². The molecular formula is C17H25ClN2. The second-order valence-corrected chi connectivity index (χ2v) is 7.16. The van der Waals surface area contributed by atoms with Crippen LogP contribution in [-0.2, 0) is 6.42 Å². The second kappa shape index (κ2) is 6.05. The summed E-state index contributed by atoms with van der Waals surface area (Å²) in [6, 6.07) is 9.30. The van der Waals surface area contributed by atoms with Gasteiger partial charge in [-0.1, -0.05) is 23.7 Å². The molecule has 0 aromatic heterocycles. The SMILES string of the molecule is CC(C1CC1)N1CC(N)CC(Cc2cccc(Cl)c2)C1. The van der Waals surface area contributed by atoms with E-state index in [0.717, 1.165) is 30.3 Å². The molecule has 2 aliphatic rings. The average Bonchev–Trinajstić information content (AvgIpc) is 3.21. The molecule has 3 atom stereocenters. The smallest absolute Gasteiger partial charge is 0.0408 e. The summed E-state index contributed by atoms with van der Waals surface area (Å²) in [6.07, 6.45) is 5.06. The van der Waals surface area contributed by atoms with Gasteiger partial charge in [-0.05, 0) is 62.1 Å². The summed E-state index contributed by atoms with van der Waals surface area (Å²) in [4.78, 5) is 2.63. The van der Waals surface area contributed by atoms with Gasteiger partial charge in [-0.15, -0.1) is 0 Å². The third kappa shape index (κ3) is 3.55. The number of nitrogens with two attached hydrogens (primary N) is 1. The van der Waals surface area contributed by atoms with Crippen LogP contribution in [0.1, 0.15) is 31.7 Å². The highest BCUT2D eigenvalue weighted by molar-refractivity contribution is 6.30. The molecule has 1 heterocycles. The Balaban J connectivity index is 1.63. The molecule has 1 aliphatic heterocycles. The van der Waals surface area contributed by atoms with Gasteiger partial charge >= 0.3 is 0 Å². The van der Waals surface area contributed by atoms with Gasteiger partial charge in [0.1, 0.15) is 0 Å². The maximum absolute atomic E-state index is 6.29. The van der Waals surface area contributed by atoms with Gasteiger partial charge in [-0.2, -0.15) is 0 Å². The maximum atomic E-state index is 6.29. The molecule has 20 heavy (non-hydrogen) atoms. The Labute approximate surface area is 127 Å². The van der Waals surface area contributed by atoms with E-state index in [4.69, 9.17) is 17.3 Å². The fourth-order valence-electron chi connectivity index (χ4n) is 3.64. The summed E-state index contributed by atoms with van der Waals surface area (Å²) in [5, 5.41) is 0.839. The van der Waals surface area contributed by atoms with Crippen molar-refractivity contribution in [1.82, 2.24) is 4.90 Å². The van der Waals surface area contributed by atoms with Gasteiger partial charge < -0.3 is 5.73 Å². The first-order valence-electron chi connectivity index (χ1n) is 7.86. The Morgan fingerprint density at radius 1 is 1.35 bits per heavy atom. The quantitative estimate of drug-likeness (QED) is 0.922. The number of hydrogen-bond donors (Lipinski definition) is 1. The number of halogens is 1. The summed E-state index contributed by atoms with van der Waals surface area (Å²) in [6.45, 7) is 4.65. The Hall–Kier alpha value is -0.570. The highest BCUT2D eigenvalue weighted by Gasteiger charge is 2.35. The summed E-state index contributed by atoms with van der Waals surface area (Å²) < 4.78 is 0. The minimum Gasteiger partial charge on any atom is -0.327 e. The van der Waals surface area contributed by atoms with E-state index in [2.05, 4.69) is 24.0 Å². The molecule has 110 valence electrons. The molecule has 1 aromatic carbocycles. The lowest BCUT2D eigenvalue weighted by atomic mass is 9.88. The lowest BCUT2D eigenvalue weighted by Gasteiger charge is -2.40. The molecule has 1 aromatic rings. The highest BCUT2D eigenvalue weighted by Crippen LogP contribution is 2.36. The maximum Gasteiger partial charge on any atom is 0.0408 e. The van der Waals surface area contributed by atoms with Crippen molar-refractivity contribution < 1.29 is 0 Å². The van der Waals surface area contributed by atoms with E-state index in [9.17, 15) is 0 Å². The topological polar surface area (TPSA) is 29.3 Å². The zero-order chi connectivity index (χ0) is 14.1. The Kier molecular flexibility index (Phi) is 4.34. The molecule has 3 unspecified atom stereocenters. The zero-order valence-electron chi connectivity index (χ0n) is 12.3. The normalized spacial score (nSPS) is 29.4. The van der Waals surface area contributed by atoms with Crippen LogP contribution >= 0.6 is 11.6 Å². The van der Waals surface area contributed by atoms with Crippen molar-refractivity contribution in [3.63, 3.8) is 0 Å². The van der Waals surface area contributed by atoms with Gasteiger partial charge in [0.05, 0.1) is 0 Å². The van der Waals surface area contributed by atoms with Crippen LogP contribution in [0.4, 0.5) is 0 Å². The summed E-state index contributed by atoms with van der Waals surface area (Å²) in [5.41, 5.74) is 7.63. The van der Waals surface area contributed by atoms with Crippen molar-refractivity contribution in [3.05, 3.63) is 34.9 Å². The predicted octanol–water partition coefficient (Wildman–Crippen LogP) is 3.33. The molecule has 0 spiro atoms. The first-order valence-corrected chi connectivity index (χ1v) is 8.23. The lowest BCUT2D eigenvalue weighted by molar-refractivity contribution is 0.106. The van der Waals surface area contributed by atoms with Crippen molar-refractivity contribution in [1.29, 1.82) is 0 Å². The van der Waals surface area contributed by atoms with Crippen LogP contribution in [-0.4, -0.2) is 30.1 Å². The molecular weight excluding hydrogens is 268 g/mol. The van der Waals surface area contributed by atoms with E-state index in [1.54, 1.807) is 0 Å². The Morgan fingerprint density at radius 3 is 2.85 bits per heavy atom. The van der Waals surface area contributed by atoms with E-state index in [1.807, 2.05) is 12.1 Å². The number of hydrogen-bond acceptors (Lipinski definition) is 2. The van der Waals surface area contributed by atoms with Crippen molar-refractivity contribution in [2.24, 2.45) is 17.6 Å². The average molecular weight is 293 g/mol. The molecule has 0 bridgehead atoms. The van der Waals surface area contributed by atoms with Gasteiger partial charge in [-0.3, -0.25) is 4.90 Å².